The molecule has 0 spiro atoms. The minimum Gasteiger partial charge on any atom is -0.466 e. The first-order chi connectivity index (χ1) is 11.8. The topological polar surface area (TPSA) is 98.1 Å². The molecule has 1 heterocycles. The lowest BCUT2D eigenvalue weighted by atomic mass is 10.4. The van der Waals surface area contributed by atoms with Gasteiger partial charge in [0, 0.05) is 55.4 Å². The summed E-state index contributed by atoms with van der Waals surface area (Å²) < 4.78 is 18.7. The lowest BCUT2D eigenvalue weighted by Crippen LogP contribution is -2.06. The van der Waals surface area contributed by atoms with Gasteiger partial charge in [-0.3, -0.25) is 9.59 Å². The predicted octanol–water partition coefficient (Wildman–Crippen LogP) is 2.23. The predicted molar refractivity (Wildman–Crippen MR) is 96.9 cm³/mol. The molecule has 0 aromatic rings. The number of amides is 1. The van der Waals surface area contributed by atoms with Gasteiger partial charge in [-0.15, -0.1) is 0 Å². The summed E-state index contributed by atoms with van der Waals surface area (Å²) in [4.78, 5) is 20.7. The quantitative estimate of drug-likeness (QED) is 0.428. The largest absolute Gasteiger partial charge is 0.466 e. The minimum atomic E-state index is -0.211. The third kappa shape index (κ3) is 60.7. The SMILES string of the molecule is C1CCOC1.CC#N.CCOC(C)=O.CN(C)C=O.COC(C)OC. The van der Waals surface area contributed by atoms with Gasteiger partial charge in [0.1, 0.15) is 0 Å². The van der Waals surface area contributed by atoms with Gasteiger partial charge in [-0.25, -0.2) is 0 Å². The van der Waals surface area contributed by atoms with E-state index < -0.39 is 0 Å². The maximum atomic E-state index is 9.82. The molecule has 0 aromatic heterocycles. The van der Waals surface area contributed by atoms with Crippen LogP contribution in [-0.4, -0.2) is 71.7 Å². The van der Waals surface area contributed by atoms with Gasteiger partial charge in [-0.1, -0.05) is 0 Å². The van der Waals surface area contributed by atoms with Crippen molar-refractivity contribution in [3.63, 3.8) is 0 Å². The first-order valence-corrected chi connectivity index (χ1v) is 7.96. The smallest absolute Gasteiger partial charge is 0.302 e. The van der Waals surface area contributed by atoms with E-state index in [1.165, 1.54) is 31.6 Å². The first-order valence-electron chi connectivity index (χ1n) is 7.96. The van der Waals surface area contributed by atoms with E-state index in [1.54, 1.807) is 41.3 Å². The van der Waals surface area contributed by atoms with Crippen molar-refractivity contribution in [3.05, 3.63) is 0 Å². The van der Waals surface area contributed by atoms with E-state index in [9.17, 15) is 9.59 Å². The molecule has 0 aliphatic carbocycles. The van der Waals surface area contributed by atoms with Gasteiger partial charge in [0.25, 0.3) is 0 Å². The summed E-state index contributed by atoms with van der Waals surface area (Å²) in [5, 5.41) is 7.32. The van der Waals surface area contributed by atoms with Crippen molar-refractivity contribution in [2.45, 2.75) is 46.8 Å². The fourth-order valence-electron chi connectivity index (χ4n) is 0.810. The van der Waals surface area contributed by atoms with Gasteiger partial charge in [0.15, 0.2) is 6.29 Å². The summed E-state index contributed by atoms with van der Waals surface area (Å²) in [6.07, 6.45) is 3.24. The molecule has 8 heteroatoms. The molecule has 0 N–H and O–H groups in total. The molecule has 1 aliphatic rings. The van der Waals surface area contributed by atoms with Crippen LogP contribution in [0.4, 0.5) is 0 Å². The van der Waals surface area contributed by atoms with Crippen molar-refractivity contribution in [1.82, 2.24) is 4.90 Å². The van der Waals surface area contributed by atoms with Gasteiger partial charge < -0.3 is 23.8 Å². The van der Waals surface area contributed by atoms with E-state index in [4.69, 9.17) is 10.00 Å². The zero-order chi connectivity index (χ0) is 20.5. The maximum absolute atomic E-state index is 9.82. The van der Waals surface area contributed by atoms with E-state index in [0.717, 1.165) is 19.6 Å². The third-order valence-electron chi connectivity index (χ3n) is 2.05. The number of rotatable bonds is 4. The van der Waals surface area contributed by atoms with Crippen LogP contribution in [-0.2, 0) is 28.5 Å². The number of carbonyl (C=O) groups excluding carboxylic acids is 2. The van der Waals surface area contributed by atoms with E-state index in [0.29, 0.717) is 6.61 Å². The standard InChI is InChI=1S/C4H10O2.C4H8O2.C4H8O.C3H7NO.C2H3N/c1-4(5-2)6-3;1-3-6-4(2)5;1-2-4-5-3-1;1-4(2)3-5;1-2-3/h4H,1-3H3;3H2,1-2H3;1-4H2;3H,1-2H3;1H3. The number of methoxy groups -OCH3 is 2. The molecule has 8 nitrogen and oxygen atoms in total. The second kappa shape index (κ2) is 30.2. The van der Waals surface area contributed by atoms with Gasteiger partial charge in [-0.05, 0) is 26.7 Å². The van der Waals surface area contributed by atoms with Gasteiger partial charge in [0.2, 0.25) is 6.41 Å². The van der Waals surface area contributed by atoms with Crippen molar-refractivity contribution in [1.29, 1.82) is 5.26 Å². The van der Waals surface area contributed by atoms with E-state index >= 15 is 0 Å². The zero-order valence-corrected chi connectivity index (χ0v) is 17.0. The number of nitrogens with zero attached hydrogens (tertiary/aromatic N) is 2. The second-order valence-electron chi connectivity index (χ2n) is 4.58. The Morgan fingerprint density at radius 2 is 1.64 bits per heavy atom. The molecular formula is C17H36N2O6. The number of ether oxygens (including phenoxy) is 4. The summed E-state index contributed by atoms with van der Waals surface area (Å²) >= 11 is 0. The minimum absolute atomic E-state index is 0.0648. The van der Waals surface area contributed by atoms with Crippen LogP contribution in [0.1, 0.15) is 40.5 Å². The van der Waals surface area contributed by atoms with Gasteiger partial charge >= 0.3 is 5.97 Å². The van der Waals surface area contributed by atoms with Crippen LogP contribution in [0, 0.1) is 11.3 Å². The Kier molecular flexibility index (Phi) is 37.6. The fourth-order valence-corrected chi connectivity index (χ4v) is 0.810. The third-order valence-corrected chi connectivity index (χ3v) is 2.05. The van der Waals surface area contributed by atoms with Crippen LogP contribution in [0.5, 0.6) is 0 Å². The average Bonchev–Trinajstić information content (AvgIpc) is 3.15. The number of hydrogen-bond donors (Lipinski definition) is 0. The molecule has 25 heavy (non-hydrogen) atoms. The normalized spacial score (nSPS) is 10.7. The molecule has 1 saturated heterocycles. The molecule has 0 radical (unpaired) electrons. The summed E-state index contributed by atoms with van der Waals surface area (Å²) in [5.74, 6) is -0.211. The Bertz CT molecular complexity index is 290. The molecular weight excluding hydrogens is 328 g/mol. The highest BCUT2D eigenvalue weighted by atomic mass is 16.7. The summed E-state index contributed by atoms with van der Waals surface area (Å²) in [5.41, 5.74) is 0. The van der Waals surface area contributed by atoms with E-state index in [1.807, 2.05) is 6.92 Å². The molecule has 1 fully saturated rings. The molecule has 0 unspecified atom stereocenters. The Hall–Kier alpha value is -1.69. The molecule has 0 bridgehead atoms. The van der Waals surface area contributed by atoms with Crippen LogP contribution in [0.3, 0.4) is 0 Å². The molecule has 1 aliphatic heterocycles. The molecule has 150 valence electrons. The van der Waals surface area contributed by atoms with Crippen LogP contribution in [0.25, 0.3) is 0 Å². The van der Waals surface area contributed by atoms with Gasteiger partial charge in [-0.2, -0.15) is 5.26 Å². The number of carbonyl (C=O) groups is 2. The van der Waals surface area contributed by atoms with E-state index in [2.05, 4.69) is 14.2 Å². The van der Waals surface area contributed by atoms with Crippen molar-refractivity contribution >= 4 is 12.4 Å². The summed E-state index contributed by atoms with van der Waals surface area (Å²) in [7, 11) is 6.59. The highest BCUT2D eigenvalue weighted by Gasteiger charge is 1.94. The van der Waals surface area contributed by atoms with Crippen molar-refractivity contribution in [3.8, 4) is 6.07 Å². The lowest BCUT2D eigenvalue weighted by Gasteiger charge is -2.03. The monoisotopic (exact) mass is 364 g/mol. The summed E-state index contributed by atoms with van der Waals surface area (Å²) in [6, 6.07) is 1.75. The Morgan fingerprint density at radius 3 is 1.68 bits per heavy atom. The first kappa shape index (κ1) is 31.1. The average molecular weight is 364 g/mol. The van der Waals surface area contributed by atoms with Gasteiger partial charge in [0.05, 0.1) is 12.7 Å². The van der Waals surface area contributed by atoms with Crippen LogP contribution >= 0.6 is 0 Å². The lowest BCUT2D eigenvalue weighted by molar-refractivity contribution is -0.140. The number of hydrogen-bond acceptors (Lipinski definition) is 7. The Morgan fingerprint density at radius 1 is 1.28 bits per heavy atom. The fraction of sp³-hybridized carbons (Fsp3) is 0.824. The molecule has 0 saturated carbocycles. The van der Waals surface area contributed by atoms with Crippen LogP contribution in [0.15, 0.2) is 0 Å². The Labute approximate surface area is 153 Å². The zero-order valence-electron chi connectivity index (χ0n) is 17.0. The highest BCUT2D eigenvalue weighted by Crippen LogP contribution is 1.98. The Balaban J connectivity index is -0.000000112. The van der Waals surface area contributed by atoms with Crippen molar-refractivity contribution in [2.24, 2.45) is 0 Å². The second-order valence-corrected chi connectivity index (χ2v) is 4.58. The molecule has 0 atom stereocenters. The van der Waals surface area contributed by atoms with Crippen LogP contribution < -0.4 is 0 Å². The molecule has 1 amide bonds. The highest BCUT2D eigenvalue weighted by molar-refractivity contribution is 5.65. The molecule has 0 aromatic carbocycles. The van der Waals surface area contributed by atoms with Crippen LogP contribution in [0.2, 0.25) is 0 Å². The van der Waals surface area contributed by atoms with Crippen molar-refractivity contribution < 1.29 is 28.5 Å². The number of esters is 1. The van der Waals surface area contributed by atoms with Crippen molar-refractivity contribution in [2.75, 3.05) is 48.1 Å². The van der Waals surface area contributed by atoms with E-state index in [-0.39, 0.29) is 12.3 Å². The molecule has 1 rings (SSSR count). The maximum Gasteiger partial charge on any atom is 0.302 e. The number of nitriles is 1. The summed E-state index contributed by atoms with van der Waals surface area (Å²) in [6.45, 7) is 8.92.